The van der Waals surface area contributed by atoms with Crippen LogP contribution in [-0.2, 0) is 0 Å². The van der Waals surface area contributed by atoms with Crippen molar-refractivity contribution in [2.75, 3.05) is 0 Å². The maximum atomic E-state index is 9.79. The molecule has 0 bridgehead atoms. The van der Waals surface area contributed by atoms with Crippen molar-refractivity contribution >= 4 is 11.5 Å². The molecule has 0 aliphatic carbocycles. The molecule has 0 aliphatic heterocycles. The summed E-state index contributed by atoms with van der Waals surface area (Å²) in [6, 6.07) is 0. The summed E-state index contributed by atoms with van der Waals surface area (Å²) in [5.41, 5.74) is 0. The van der Waals surface area contributed by atoms with Gasteiger partial charge in [0.15, 0.2) is 11.4 Å². The molecule has 0 aliphatic rings. The van der Waals surface area contributed by atoms with Crippen LogP contribution >= 0.6 is 11.5 Å². The lowest BCUT2D eigenvalue weighted by atomic mass is 11.0. The first kappa shape index (κ1) is 9.26. The summed E-state index contributed by atoms with van der Waals surface area (Å²) in [5.74, 6) is 0. The molecule has 8 heteroatoms. The summed E-state index contributed by atoms with van der Waals surface area (Å²) in [7, 11) is 0. The Morgan fingerprint density at radius 3 is 2.54 bits per heavy atom. The molecule has 0 aromatic carbocycles. The monoisotopic (exact) mass is 199 g/mol. The molecular weight excluding hydrogens is 194 g/mol. The van der Waals surface area contributed by atoms with Crippen LogP contribution in [0.1, 0.15) is 0 Å². The van der Waals surface area contributed by atoms with Gasteiger partial charge >= 0.3 is 0 Å². The van der Waals surface area contributed by atoms with Gasteiger partial charge in [-0.2, -0.15) is 0 Å². The van der Waals surface area contributed by atoms with Crippen molar-refractivity contribution in [1.29, 1.82) is 0 Å². The zero-order valence-corrected chi connectivity index (χ0v) is 7.16. The van der Waals surface area contributed by atoms with Crippen molar-refractivity contribution in [2.45, 2.75) is 0 Å². The van der Waals surface area contributed by atoms with Crippen LogP contribution in [0, 0.1) is 10.1 Å². The quantitative estimate of drug-likeness (QED) is 0.492. The Morgan fingerprint density at radius 2 is 2.31 bits per heavy atom. The third-order valence-corrected chi connectivity index (χ3v) is 1.39. The van der Waals surface area contributed by atoms with Gasteiger partial charge in [-0.25, -0.2) is 15.1 Å². The van der Waals surface area contributed by atoms with Crippen LogP contribution in [0.25, 0.3) is 0 Å². The number of nitrogens with zero attached hydrogens (tertiary/aromatic N) is 5. The number of nitro groups is 1. The predicted octanol–water partition coefficient (Wildman–Crippen LogP) is 0.461. The minimum absolute atomic E-state index is 0.562. The molecule has 0 saturated heterocycles. The number of hydrogen-bond acceptors (Lipinski definition) is 6. The lowest BCUT2D eigenvalue weighted by molar-refractivity contribution is -0.542. The van der Waals surface area contributed by atoms with Crippen LogP contribution < -0.4 is 0 Å². The van der Waals surface area contributed by atoms with E-state index in [0.29, 0.717) is 0 Å². The average molecular weight is 199 g/mol. The van der Waals surface area contributed by atoms with Gasteiger partial charge in [-0.05, 0) is 11.5 Å². The zero-order chi connectivity index (χ0) is 9.52. The second kappa shape index (κ2) is 4.93. The van der Waals surface area contributed by atoms with E-state index in [1.165, 1.54) is 23.9 Å². The molecule has 2 aromatic heterocycles. The Bertz CT molecular complexity index is 314. The first-order valence-electron chi connectivity index (χ1n) is 3.14. The summed E-state index contributed by atoms with van der Waals surface area (Å²) < 4.78 is 4.29. The molecule has 0 N–H and O–H groups in total. The minimum Gasteiger partial charge on any atom is -0.239 e. The van der Waals surface area contributed by atoms with Gasteiger partial charge in [0, 0.05) is 5.38 Å². The average Bonchev–Trinajstić information content (AvgIpc) is 2.82. The van der Waals surface area contributed by atoms with Crippen LogP contribution in [-0.4, -0.2) is 24.3 Å². The van der Waals surface area contributed by atoms with Crippen LogP contribution in [0.5, 0.6) is 0 Å². The van der Waals surface area contributed by atoms with E-state index in [9.17, 15) is 10.1 Å². The van der Waals surface area contributed by atoms with E-state index in [4.69, 9.17) is 0 Å². The fourth-order valence-electron chi connectivity index (χ4n) is 0.485. The van der Waals surface area contributed by atoms with E-state index in [-0.39, 0.29) is 0 Å². The largest absolute Gasteiger partial charge is 0.239 e. The minimum atomic E-state index is -0.562. The van der Waals surface area contributed by atoms with E-state index in [1.54, 1.807) is 6.20 Å². The molecule has 0 saturated carbocycles. The lowest BCUT2D eigenvalue weighted by Crippen LogP contribution is -2.04. The predicted molar refractivity (Wildman–Crippen MR) is 44.5 cm³/mol. The van der Waals surface area contributed by atoms with E-state index in [2.05, 4.69) is 14.6 Å². The molecule has 0 unspecified atom stereocenters. The van der Waals surface area contributed by atoms with Gasteiger partial charge in [0.25, 0.3) is 0 Å². The molecular formula is C5H5N5O2S. The van der Waals surface area contributed by atoms with Gasteiger partial charge in [-0.1, -0.05) is 9.16 Å². The fourth-order valence-corrected chi connectivity index (χ4v) is 0.757. The first-order valence-corrected chi connectivity index (χ1v) is 3.98. The lowest BCUT2D eigenvalue weighted by Gasteiger charge is -1.81. The molecule has 68 valence electrons. The Hall–Kier alpha value is -1.83. The highest BCUT2D eigenvalue weighted by Crippen LogP contribution is 1.80. The van der Waals surface area contributed by atoms with Crippen LogP contribution in [0.2, 0.25) is 0 Å². The molecule has 0 spiro atoms. The van der Waals surface area contributed by atoms with Crippen molar-refractivity contribution < 1.29 is 5.03 Å². The van der Waals surface area contributed by atoms with Crippen molar-refractivity contribution in [3.8, 4) is 0 Å². The van der Waals surface area contributed by atoms with Crippen molar-refractivity contribution in [1.82, 2.24) is 19.2 Å². The van der Waals surface area contributed by atoms with Gasteiger partial charge in [0.1, 0.15) is 0 Å². The maximum absolute atomic E-state index is 9.79. The molecule has 2 rings (SSSR count). The number of rotatable bonds is 1. The van der Waals surface area contributed by atoms with Crippen LogP contribution in [0.4, 0.5) is 0 Å². The number of hydrogen-bond donors (Lipinski definition) is 0. The second-order valence-electron chi connectivity index (χ2n) is 1.77. The third-order valence-electron chi connectivity index (χ3n) is 0.962. The second-order valence-corrected chi connectivity index (χ2v) is 2.41. The highest BCUT2D eigenvalue weighted by atomic mass is 32.1. The van der Waals surface area contributed by atoms with E-state index in [1.807, 2.05) is 5.38 Å². The molecule has 2 heterocycles. The Morgan fingerprint density at radius 1 is 1.46 bits per heavy atom. The van der Waals surface area contributed by atoms with E-state index < -0.39 is 5.03 Å². The standard InChI is InChI=1S/C3H3N3O2.C2H2N2S/c7-6(8)5-2-1-4-3-5;1-2-5-4-3-1/h1-3H;1-2H. The van der Waals surface area contributed by atoms with Gasteiger partial charge < -0.3 is 0 Å². The summed E-state index contributed by atoms with van der Waals surface area (Å²) in [6.07, 6.45) is 5.40. The number of imidazole rings is 1. The molecule has 7 nitrogen and oxygen atoms in total. The van der Waals surface area contributed by atoms with E-state index >= 15 is 0 Å². The molecule has 0 amide bonds. The normalized spacial score (nSPS) is 8.62. The zero-order valence-electron chi connectivity index (χ0n) is 6.35. The van der Waals surface area contributed by atoms with Gasteiger partial charge in [-0.3, -0.25) is 0 Å². The Kier molecular flexibility index (Phi) is 3.51. The topological polar surface area (TPSA) is 86.7 Å². The molecule has 0 atom stereocenters. The van der Waals surface area contributed by atoms with Gasteiger partial charge in [-0.15, -0.1) is 5.10 Å². The summed E-state index contributed by atoms with van der Waals surface area (Å²) in [5, 5.41) is 14.5. The molecule has 0 fully saturated rings. The number of aromatic nitrogens is 4. The first-order chi connectivity index (χ1) is 6.30. The van der Waals surface area contributed by atoms with Gasteiger partial charge in [0.05, 0.1) is 18.6 Å². The third kappa shape index (κ3) is 3.38. The summed E-state index contributed by atoms with van der Waals surface area (Å²) >= 11 is 1.35. The summed E-state index contributed by atoms with van der Waals surface area (Å²) in [4.78, 5) is 13.3. The Balaban J connectivity index is 0.000000145. The van der Waals surface area contributed by atoms with Crippen molar-refractivity contribution in [3.05, 3.63) is 40.4 Å². The highest BCUT2D eigenvalue weighted by molar-refractivity contribution is 7.03. The Labute approximate surface area is 76.9 Å². The van der Waals surface area contributed by atoms with Crippen molar-refractivity contribution in [2.24, 2.45) is 0 Å². The van der Waals surface area contributed by atoms with Crippen LogP contribution in [0.15, 0.2) is 30.3 Å². The molecule has 0 radical (unpaired) electrons. The van der Waals surface area contributed by atoms with E-state index in [0.717, 1.165) is 11.0 Å². The molecule has 13 heavy (non-hydrogen) atoms. The molecule has 2 aromatic rings. The SMILES string of the molecule is O=[N+]([O-])n1ccnc1.c1csnn1. The fraction of sp³-hybridized carbons (Fsp3) is 0. The highest BCUT2D eigenvalue weighted by Gasteiger charge is 1.94. The van der Waals surface area contributed by atoms with Gasteiger partial charge in [0.2, 0.25) is 0 Å². The van der Waals surface area contributed by atoms with Crippen LogP contribution in [0.3, 0.4) is 0 Å². The summed E-state index contributed by atoms with van der Waals surface area (Å²) in [6.45, 7) is 0. The smallest absolute Gasteiger partial charge is 0.170 e. The van der Waals surface area contributed by atoms with Crippen molar-refractivity contribution in [3.63, 3.8) is 0 Å². The maximum Gasteiger partial charge on any atom is 0.170 e.